The van der Waals surface area contributed by atoms with Gasteiger partial charge in [0.05, 0.1) is 13.2 Å². The van der Waals surface area contributed by atoms with E-state index in [4.69, 9.17) is 9.47 Å². The number of hydrogen-bond donors (Lipinski definition) is 0. The average molecular weight is 904 g/mol. The zero-order valence-corrected chi connectivity index (χ0v) is 44.7. The molecule has 384 valence electrons. The standard InChI is InChI=1S/C61H122O3/c1-3-5-7-9-11-13-15-17-19-21-23-25-27-29-31-33-35-37-39-41-43-45-47-49-51-53-55-57-59-63-61(62)64-60-58-56-54-52-50-48-46-44-42-40-38-36-34-32-30-28-26-24-22-20-18-16-14-12-10-8-6-4-2/h3-60H2,1-2H3. The Morgan fingerprint density at radius 3 is 0.422 bits per heavy atom. The number of rotatable bonds is 58. The van der Waals surface area contributed by atoms with Crippen LogP contribution in [0.25, 0.3) is 0 Å². The lowest BCUT2D eigenvalue weighted by Gasteiger charge is -2.07. The molecule has 0 fully saturated rings. The number of unbranched alkanes of at least 4 members (excludes halogenated alkanes) is 54. The van der Waals surface area contributed by atoms with Crippen molar-refractivity contribution in [2.24, 2.45) is 0 Å². The van der Waals surface area contributed by atoms with Gasteiger partial charge in [-0.25, -0.2) is 4.79 Å². The van der Waals surface area contributed by atoms with E-state index in [2.05, 4.69) is 13.8 Å². The molecule has 0 heterocycles. The summed E-state index contributed by atoms with van der Waals surface area (Å²) < 4.78 is 10.6. The summed E-state index contributed by atoms with van der Waals surface area (Å²) in [6, 6.07) is 0. The molecule has 64 heavy (non-hydrogen) atoms. The number of carbonyl (C=O) groups excluding carboxylic acids is 1. The molecule has 0 amide bonds. The summed E-state index contributed by atoms with van der Waals surface area (Å²) in [5.74, 6) is 0. The molecule has 0 spiro atoms. The van der Waals surface area contributed by atoms with Crippen LogP contribution >= 0.6 is 0 Å². The van der Waals surface area contributed by atoms with E-state index < -0.39 is 6.16 Å². The van der Waals surface area contributed by atoms with Gasteiger partial charge in [0, 0.05) is 0 Å². The molecule has 0 rings (SSSR count). The first-order valence-electron chi connectivity index (χ1n) is 30.6. The maximum Gasteiger partial charge on any atom is 0.508 e. The Balaban J connectivity index is 3.14. The van der Waals surface area contributed by atoms with Crippen molar-refractivity contribution in [3.8, 4) is 0 Å². The molecule has 0 bridgehead atoms. The number of carbonyl (C=O) groups is 1. The van der Waals surface area contributed by atoms with E-state index in [1.807, 2.05) is 0 Å². The summed E-state index contributed by atoms with van der Waals surface area (Å²) in [6.45, 7) is 5.64. The number of hydrogen-bond acceptors (Lipinski definition) is 3. The van der Waals surface area contributed by atoms with Crippen LogP contribution in [0.3, 0.4) is 0 Å². The summed E-state index contributed by atoms with van der Waals surface area (Å²) in [5, 5.41) is 0. The van der Waals surface area contributed by atoms with Crippen LogP contribution in [-0.2, 0) is 9.47 Å². The Morgan fingerprint density at radius 1 is 0.188 bits per heavy atom. The van der Waals surface area contributed by atoms with Crippen molar-refractivity contribution in [2.75, 3.05) is 13.2 Å². The highest BCUT2D eigenvalue weighted by atomic mass is 16.7. The predicted molar refractivity (Wildman–Crippen MR) is 287 cm³/mol. The lowest BCUT2D eigenvalue weighted by Crippen LogP contribution is -2.09. The minimum Gasteiger partial charge on any atom is -0.434 e. The predicted octanol–water partition coefficient (Wildman–Crippen LogP) is 23.0. The third-order valence-electron chi connectivity index (χ3n) is 14.4. The van der Waals surface area contributed by atoms with Gasteiger partial charge in [0.1, 0.15) is 0 Å². The molecule has 0 unspecified atom stereocenters. The van der Waals surface area contributed by atoms with Crippen molar-refractivity contribution < 1.29 is 14.3 Å². The highest BCUT2D eigenvalue weighted by Crippen LogP contribution is 2.19. The van der Waals surface area contributed by atoms with Crippen molar-refractivity contribution in [3.05, 3.63) is 0 Å². The fourth-order valence-electron chi connectivity index (χ4n) is 9.90. The minimum absolute atomic E-state index is 0.463. The van der Waals surface area contributed by atoms with E-state index in [0.717, 1.165) is 25.7 Å². The second-order valence-corrected chi connectivity index (χ2v) is 21.0. The van der Waals surface area contributed by atoms with Crippen LogP contribution in [0.5, 0.6) is 0 Å². The smallest absolute Gasteiger partial charge is 0.434 e. The van der Waals surface area contributed by atoms with Crippen LogP contribution < -0.4 is 0 Å². The molecule has 0 N–H and O–H groups in total. The largest absolute Gasteiger partial charge is 0.508 e. The van der Waals surface area contributed by atoms with Crippen LogP contribution in [0.4, 0.5) is 4.79 Å². The zero-order valence-electron chi connectivity index (χ0n) is 44.7. The molecule has 0 aliphatic rings. The molecule has 0 aliphatic heterocycles. The Hall–Kier alpha value is -0.730. The molecule has 0 radical (unpaired) electrons. The van der Waals surface area contributed by atoms with E-state index in [0.29, 0.717) is 13.2 Å². The third-order valence-corrected chi connectivity index (χ3v) is 14.4. The van der Waals surface area contributed by atoms with Crippen molar-refractivity contribution in [2.45, 2.75) is 373 Å². The summed E-state index contributed by atoms with van der Waals surface area (Å²) in [5.41, 5.74) is 0. The highest BCUT2D eigenvalue weighted by Gasteiger charge is 2.04. The molecule has 0 saturated carbocycles. The van der Waals surface area contributed by atoms with Crippen molar-refractivity contribution in [1.82, 2.24) is 0 Å². The molecular weight excluding hydrogens is 781 g/mol. The first-order chi connectivity index (χ1) is 31.8. The monoisotopic (exact) mass is 903 g/mol. The SMILES string of the molecule is CCCCCCCCCCCCCCCCCCCCCCCCCCCCCCOC(=O)OCCCCCCCCCCCCCCCCCCCCCCCCCCCCCC. The highest BCUT2D eigenvalue weighted by molar-refractivity contribution is 5.59. The molecule has 0 aromatic rings. The first-order valence-corrected chi connectivity index (χ1v) is 30.6. The first kappa shape index (κ1) is 63.3. The van der Waals surface area contributed by atoms with Crippen LogP contribution in [0.2, 0.25) is 0 Å². The second kappa shape index (κ2) is 60.3. The van der Waals surface area contributed by atoms with Gasteiger partial charge in [-0.15, -0.1) is 0 Å². The van der Waals surface area contributed by atoms with Gasteiger partial charge in [0.15, 0.2) is 0 Å². The third kappa shape index (κ3) is 59.3. The summed E-state index contributed by atoms with van der Waals surface area (Å²) in [4.78, 5) is 11.9. The Labute approximate surface area is 405 Å². The van der Waals surface area contributed by atoms with Crippen molar-refractivity contribution >= 4 is 6.16 Å². The normalized spacial score (nSPS) is 11.5. The van der Waals surface area contributed by atoms with Gasteiger partial charge in [-0.3, -0.25) is 0 Å². The average Bonchev–Trinajstić information content (AvgIpc) is 3.30. The summed E-state index contributed by atoms with van der Waals surface area (Å²) in [7, 11) is 0. The van der Waals surface area contributed by atoms with E-state index in [-0.39, 0.29) is 0 Å². The zero-order chi connectivity index (χ0) is 46.0. The van der Waals surface area contributed by atoms with Gasteiger partial charge in [-0.05, 0) is 12.8 Å². The van der Waals surface area contributed by atoms with Gasteiger partial charge >= 0.3 is 6.16 Å². The Bertz CT molecular complexity index is 747. The van der Waals surface area contributed by atoms with Gasteiger partial charge in [0.2, 0.25) is 0 Å². The van der Waals surface area contributed by atoms with Gasteiger partial charge in [0.25, 0.3) is 0 Å². The summed E-state index contributed by atoms with van der Waals surface area (Å²) in [6.07, 6.45) is 78.5. The molecule has 0 aromatic heterocycles. The van der Waals surface area contributed by atoms with Crippen LogP contribution in [0.15, 0.2) is 0 Å². The van der Waals surface area contributed by atoms with E-state index in [1.54, 1.807) is 0 Å². The van der Waals surface area contributed by atoms with Gasteiger partial charge < -0.3 is 9.47 Å². The Morgan fingerprint density at radius 2 is 0.297 bits per heavy atom. The fourth-order valence-corrected chi connectivity index (χ4v) is 9.90. The minimum atomic E-state index is -0.463. The van der Waals surface area contributed by atoms with Crippen molar-refractivity contribution in [1.29, 1.82) is 0 Å². The van der Waals surface area contributed by atoms with Crippen LogP contribution in [-0.4, -0.2) is 19.4 Å². The molecule has 3 nitrogen and oxygen atoms in total. The molecule has 0 aliphatic carbocycles. The number of ether oxygens (including phenoxy) is 2. The van der Waals surface area contributed by atoms with Crippen molar-refractivity contribution in [3.63, 3.8) is 0 Å². The molecular formula is C61H122O3. The lowest BCUT2D eigenvalue weighted by atomic mass is 10.0. The molecule has 0 saturated heterocycles. The molecule has 3 heteroatoms. The van der Waals surface area contributed by atoms with Crippen LogP contribution in [0.1, 0.15) is 373 Å². The quantitative estimate of drug-likeness (QED) is 0.0451. The maximum absolute atomic E-state index is 11.9. The van der Waals surface area contributed by atoms with E-state index >= 15 is 0 Å². The van der Waals surface area contributed by atoms with E-state index in [1.165, 1.54) is 334 Å². The fraction of sp³-hybridized carbons (Fsp3) is 0.984. The topological polar surface area (TPSA) is 35.5 Å². The van der Waals surface area contributed by atoms with Gasteiger partial charge in [-0.1, -0.05) is 361 Å². The van der Waals surface area contributed by atoms with Crippen LogP contribution in [0, 0.1) is 0 Å². The van der Waals surface area contributed by atoms with E-state index in [9.17, 15) is 4.79 Å². The maximum atomic E-state index is 11.9. The summed E-state index contributed by atoms with van der Waals surface area (Å²) >= 11 is 0. The lowest BCUT2D eigenvalue weighted by molar-refractivity contribution is 0.0529. The Kier molecular flexibility index (Phi) is 59.6. The molecule has 0 aromatic carbocycles. The second-order valence-electron chi connectivity index (χ2n) is 21.0. The molecule has 0 atom stereocenters. The van der Waals surface area contributed by atoms with Gasteiger partial charge in [-0.2, -0.15) is 0 Å².